The van der Waals surface area contributed by atoms with Crippen molar-refractivity contribution in [3.05, 3.63) is 53.6 Å². The van der Waals surface area contributed by atoms with Gasteiger partial charge in [-0.25, -0.2) is 9.59 Å². The first-order valence-electron chi connectivity index (χ1n) is 11.2. The molecular formula is C26H34N2O4. The molecule has 6 heteroatoms. The van der Waals surface area contributed by atoms with Gasteiger partial charge in [0.1, 0.15) is 5.75 Å². The Morgan fingerprint density at radius 1 is 1.09 bits per heavy atom. The molecule has 0 saturated carbocycles. The standard InChI is InChI=1S/C26H34N2O4/c1-5-7-14-27-26(31)28(4)22-11-9-10-21(18-22)23-13-12-20(16-19(3)25(29)30)17-24(23)32-15-8-6-2/h9-13,16-18H,5-8,14-15H2,1-4H3,(H,27,31)(H,29,30)/b19-16-. The number of urea groups is 1. The third-order valence-corrected chi connectivity index (χ3v) is 5.14. The number of hydrogen-bond donors (Lipinski definition) is 2. The summed E-state index contributed by atoms with van der Waals surface area (Å²) in [6.07, 6.45) is 5.54. The number of rotatable bonds is 11. The van der Waals surface area contributed by atoms with Gasteiger partial charge in [-0.1, -0.05) is 51.0 Å². The van der Waals surface area contributed by atoms with Crippen LogP contribution in [0.25, 0.3) is 17.2 Å². The number of anilines is 1. The molecule has 0 aromatic heterocycles. The number of nitrogens with one attached hydrogen (secondary N) is 1. The summed E-state index contributed by atoms with van der Waals surface area (Å²) in [4.78, 5) is 25.2. The van der Waals surface area contributed by atoms with Crippen LogP contribution in [0.3, 0.4) is 0 Å². The zero-order valence-corrected chi connectivity index (χ0v) is 19.5. The van der Waals surface area contributed by atoms with Crippen LogP contribution in [0, 0.1) is 0 Å². The Labute approximate surface area is 190 Å². The van der Waals surface area contributed by atoms with E-state index >= 15 is 0 Å². The van der Waals surface area contributed by atoms with E-state index in [4.69, 9.17) is 4.74 Å². The third-order valence-electron chi connectivity index (χ3n) is 5.14. The molecule has 32 heavy (non-hydrogen) atoms. The number of carbonyl (C=O) groups is 2. The largest absolute Gasteiger partial charge is 0.493 e. The molecule has 2 N–H and O–H groups in total. The number of ether oxygens (including phenoxy) is 1. The summed E-state index contributed by atoms with van der Waals surface area (Å²) in [6.45, 7) is 6.99. The molecule has 6 nitrogen and oxygen atoms in total. The first kappa shape index (κ1) is 25.0. The van der Waals surface area contributed by atoms with E-state index in [0.29, 0.717) is 18.9 Å². The number of carboxylic acid groups (broad SMARTS) is 1. The lowest BCUT2D eigenvalue weighted by Crippen LogP contribution is -2.37. The van der Waals surface area contributed by atoms with Gasteiger partial charge in [0.05, 0.1) is 6.61 Å². The summed E-state index contributed by atoms with van der Waals surface area (Å²) in [5.41, 5.74) is 3.63. The van der Waals surface area contributed by atoms with Crippen LogP contribution in [0.4, 0.5) is 10.5 Å². The Morgan fingerprint density at radius 3 is 2.53 bits per heavy atom. The van der Waals surface area contributed by atoms with Crippen LogP contribution in [0.2, 0.25) is 0 Å². The molecule has 0 unspecified atom stereocenters. The SMILES string of the molecule is CCCCNC(=O)N(C)c1cccc(-c2ccc(/C=C(/C)C(=O)O)cc2OCCCC)c1. The van der Waals surface area contributed by atoms with E-state index in [-0.39, 0.29) is 11.6 Å². The van der Waals surface area contributed by atoms with E-state index in [0.717, 1.165) is 48.1 Å². The number of aliphatic carboxylic acids is 1. The van der Waals surface area contributed by atoms with Crippen LogP contribution >= 0.6 is 0 Å². The predicted molar refractivity (Wildman–Crippen MR) is 130 cm³/mol. The van der Waals surface area contributed by atoms with Crippen LogP contribution in [0.5, 0.6) is 5.75 Å². The molecule has 0 aliphatic heterocycles. The topological polar surface area (TPSA) is 78.9 Å². The molecule has 0 atom stereocenters. The minimum Gasteiger partial charge on any atom is -0.493 e. The summed E-state index contributed by atoms with van der Waals surface area (Å²) in [7, 11) is 1.75. The summed E-state index contributed by atoms with van der Waals surface area (Å²) in [6, 6.07) is 13.3. The molecule has 2 aromatic carbocycles. The molecule has 0 saturated heterocycles. The number of unbranched alkanes of at least 4 members (excludes halogenated alkanes) is 2. The van der Waals surface area contributed by atoms with E-state index in [9.17, 15) is 14.7 Å². The number of benzene rings is 2. The smallest absolute Gasteiger partial charge is 0.331 e. The number of carbonyl (C=O) groups excluding carboxylic acids is 1. The van der Waals surface area contributed by atoms with Gasteiger partial charge in [0.25, 0.3) is 0 Å². The second-order valence-electron chi connectivity index (χ2n) is 7.78. The molecule has 0 spiro atoms. The fraction of sp³-hybridized carbons (Fsp3) is 0.385. The van der Waals surface area contributed by atoms with Crippen molar-refractivity contribution >= 4 is 23.8 Å². The highest BCUT2D eigenvalue weighted by Crippen LogP contribution is 2.34. The van der Waals surface area contributed by atoms with Crippen molar-refractivity contribution in [1.29, 1.82) is 0 Å². The van der Waals surface area contributed by atoms with Crippen molar-refractivity contribution in [2.45, 2.75) is 46.5 Å². The first-order valence-corrected chi connectivity index (χ1v) is 11.2. The zero-order chi connectivity index (χ0) is 23.5. The second-order valence-corrected chi connectivity index (χ2v) is 7.78. The molecule has 2 aromatic rings. The van der Waals surface area contributed by atoms with E-state index in [2.05, 4.69) is 19.2 Å². The maximum absolute atomic E-state index is 12.4. The van der Waals surface area contributed by atoms with E-state index in [1.165, 1.54) is 0 Å². The van der Waals surface area contributed by atoms with Crippen molar-refractivity contribution in [3.63, 3.8) is 0 Å². The van der Waals surface area contributed by atoms with Crippen molar-refractivity contribution in [2.75, 3.05) is 25.1 Å². The van der Waals surface area contributed by atoms with Gasteiger partial charge in [-0.3, -0.25) is 4.90 Å². The first-order chi connectivity index (χ1) is 15.4. The van der Waals surface area contributed by atoms with Crippen LogP contribution in [-0.4, -0.2) is 37.3 Å². The molecular weight excluding hydrogens is 404 g/mol. The number of nitrogens with zero attached hydrogens (tertiary/aromatic N) is 1. The highest BCUT2D eigenvalue weighted by molar-refractivity contribution is 5.93. The van der Waals surface area contributed by atoms with Crippen molar-refractivity contribution < 1.29 is 19.4 Å². The quantitative estimate of drug-likeness (QED) is 0.335. The molecule has 2 rings (SSSR count). The Hall–Kier alpha value is -3.28. The number of amides is 2. The van der Waals surface area contributed by atoms with Gasteiger partial charge in [0, 0.05) is 30.4 Å². The summed E-state index contributed by atoms with van der Waals surface area (Å²) in [5.74, 6) is -0.256. The van der Waals surface area contributed by atoms with Crippen LogP contribution in [0.15, 0.2) is 48.0 Å². The summed E-state index contributed by atoms with van der Waals surface area (Å²) in [5, 5.41) is 12.1. The van der Waals surface area contributed by atoms with Gasteiger partial charge in [-0.2, -0.15) is 0 Å². The lowest BCUT2D eigenvalue weighted by atomic mass is 10.0. The molecule has 0 radical (unpaired) electrons. The van der Waals surface area contributed by atoms with Crippen LogP contribution in [-0.2, 0) is 4.79 Å². The van der Waals surface area contributed by atoms with Gasteiger partial charge in [-0.05, 0) is 55.2 Å². The average Bonchev–Trinajstić information content (AvgIpc) is 2.79. The zero-order valence-electron chi connectivity index (χ0n) is 19.5. The Morgan fingerprint density at radius 2 is 1.84 bits per heavy atom. The lowest BCUT2D eigenvalue weighted by Gasteiger charge is -2.19. The van der Waals surface area contributed by atoms with Crippen LogP contribution in [0.1, 0.15) is 52.0 Å². The normalized spacial score (nSPS) is 11.2. The third kappa shape index (κ3) is 7.15. The number of carboxylic acids is 1. The van der Waals surface area contributed by atoms with Gasteiger partial charge in [0.2, 0.25) is 0 Å². The predicted octanol–water partition coefficient (Wildman–Crippen LogP) is 5.97. The molecule has 172 valence electrons. The highest BCUT2D eigenvalue weighted by Gasteiger charge is 2.13. The van der Waals surface area contributed by atoms with E-state index in [1.807, 2.05) is 42.5 Å². The Bertz CT molecular complexity index is 953. The molecule has 0 aliphatic rings. The van der Waals surface area contributed by atoms with Gasteiger partial charge in [-0.15, -0.1) is 0 Å². The lowest BCUT2D eigenvalue weighted by molar-refractivity contribution is -0.132. The van der Waals surface area contributed by atoms with Crippen molar-refractivity contribution in [3.8, 4) is 16.9 Å². The summed E-state index contributed by atoms with van der Waals surface area (Å²) < 4.78 is 6.06. The monoisotopic (exact) mass is 438 g/mol. The fourth-order valence-electron chi connectivity index (χ4n) is 3.11. The molecule has 0 heterocycles. The van der Waals surface area contributed by atoms with Gasteiger partial charge >= 0.3 is 12.0 Å². The fourth-order valence-corrected chi connectivity index (χ4v) is 3.11. The second kappa shape index (κ2) is 12.5. The minimum atomic E-state index is -0.949. The van der Waals surface area contributed by atoms with Crippen molar-refractivity contribution in [2.24, 2.45) is 0 Å². The van der Waals surface area contributed by atoms with Crippen molar-refractivity contribution in [1.82, 2.24) is 5.32 Å². The molecule has 0 bridgehead atoms. The minimum absolute atomic E-state index is 0.139. The van der Waals surface area contributed by atoms with Gasteiger partial charge < -0.3 is 15.2 Å². The maximum Gasteiger partial charge on any atom is 0.331 e. The molecule has 0 aliphatic carbocycles. The highest BCUT2D eigenvalue weighted by atomic mass is 16.5. The van der Waals surface area contributed by atoms with E-state index < -0.39 is 5.97 Å². The number of hydrogen-bond acceptors (Lipinski definition) is 3. The molecule has 2 amide bonds. The summed E-state index contributed by atoms with van der Waals surface area (Å²) >= 11 is 0. The molecule has 0 fully saturated rings. The van der Waals surface area contributed by atoms with E-state index in [1.54, 1.807) is 24.9 Å². The Balaban J connectivity index is 2.36. The average molecular weight is 439 g/mol. The van der Waals surface area contributed by atoms with Gasteiger partial charge in [0.15, 0.2) is 0 Å². The Kier molecular flexibility index (Phi) is 9.79. The maximum atomic E-state index is 12.4. The van der Waals surface area contributed by atoms with Crippen LogP contribution < -0.4 is 15.0 Å².